The van der Waals surface area contributed by atoms with Crippen LogP contribution in [0.25, 0.3) is 0 Å². The molecule has 0 radical (unpaired) electrons. The first-order chi connectivity index (χ1) is 12.6. The number of hydrogen-bond acceptors (Lipinski definition) is 9. The summed E-state index contributed by atoms with van der Waals surface area (Å²) in [6.45, 7) is -0.513. The van der Waals surface area contributed by atoms with E-state index in [-0.39, 0.29) is 17.7 Å². The van der Waals surface area contributed by atoms with E-state index < -0.39 is 40.1 Å². The van der Waals surface area contributed by atoms with Crippen LogP contribution in [0.4, 0.5) is 30.8 Å². The zero-order valence-corrected chi connectivity index (χ0v) is 14.4. The third-order valence-corrected chi connectivity index (χ3v) is 4.47. The summed E-state index contributed by atoms with van der Waals surface area (Å²) in [5, 5.41) is 2.85. The average molecular weight is 405 g/mol. The number of aromatic nitrogens is 3. The highest BCUT2D eigenvalue weighted by Gasteiger charge is 2.45. The fraction of sp³-hybridized carbons (Fsp3) is 0.286. The van der Waals surface area contributed by atoms with Crippen molar-refractivity contribution in [2.45, 2.75) is 18.5 Å². The Morgan fingerprint density at radius 2 is 1.81 bits per heavy atom. The lowest BCUT2D eigenvalue weighted by Gasteiger charge is -2.09. The van der Waals surface area contributed by atoms with Gasteiger partial charge in [-0.3, -0.25) is 4.79 Å². The maximum Gasteiger partial charge on any atom is 0.497 e. The number of sulfone groups is 1. The topological polar surface area (TPSA) is 137 Å². The summed E-state index contributed by atoms with van der Waals surface area (Å²) in [5.41, 5.74) is 0.769. The molecule has 0 atom stereocenters. The number of halogens is 3. The quantitative estimate of drug-likeness (QED) is 0.657. The second kappa shape index (κ2) is 8.16. The van der Waals surface area contributed by atoms with E-state index in [1.807, 2.05) is 0 Å². The highest BCUT2D eigenvalue weighted by Crippen LogP contribution is 2.24. The highest BCUT2D eigenvalue weighted by atomic mass is 32.2. The van der Waals surface area contributed by atoms with Crippen molar-refractivity contribution in [2.24, 2.45) is 0 Å². The van der Waals surface area contributed by atoms with Gasteiger partial charge in [0.05, 0.1) is 12.2 Å². The number of nitrogens with zero attached hydrogens (tertiary/aromatic N) is 3. The van der Waals surface area contributed by atoms with E-state index in [9.17, 15) is 26.4 Å². The summed E-state index contributed by atoms with van der Waals surface area (Å²) in [5.74, 6) is -2.73. The molecule has 0 saturated heterocycles. The molecule has 27 heavy (non-hydrogen) atoms. The average Bonchev–Trinajstić information content (AvgIpc) is 2.57. The van der Waals surface area contributed by atoms with Crippen LogP contribution in [0, 0.1) is 0 Å². The zero-order chi connectivity index (χ0) is 20.1. The van der Waals surface area contributed by atoms with E-state index in [1.54, 1.807) is 30.3 Å². The molecule has 146 valence electrons. The van der Waals surface area contributed by atoms with Crippen LogP contribution in [0.2, 0.25) is 0 Å². The Morgan fingerprint density at radius 3 is 2.44 bits per heavy atom. The molecule has 0 unspecified atom stereocenters. The first-order valence-corrected chi connectivity index (χ1v) is 8.99. The third-order valence-electron chi connectivity index (χ3n) is 3.02. The number of benzene rings is 1. The van der Waals surface area contributed by atoms with Crippen LogP contribution in [-0.4, -0.2) is 40.6 Å². The summed E-state index contributed by atoms with van der Waals surface area (Å²) in [6.07, 6.45) is -0.961. The number of nitrogens with two attached hydrogens (primary N) is 1. The number of carbonyl (C=O) groups excluding carboxylic acids is 1. The Bertz CT molecular complexity index is 907. The van der Waals surface area contributed by atoms with E-state index in [4.69, 9.17) is 5.73 Å². The Kier molecular flexibility index (Phi) is 6.15. The van der Waals surface area contributed by atoms with Gasteiger partial charge < -0.3 is 15.8 Å². The summed E-state index contributed by atoms with van der Waals surface area (Å²) < 4.78 is 63.1. The summed E-state index contributed by atoms with van der Waals surface area (Å²) in [7, 11) is -5.40. The Labute approximate surface area is 151 Å². The van der Waals surface area contributed by atoms with Crippen LogP contribution in [0.15, 0.2) is 30.3 Å². The van der Waals surface area contributed by atoms with Crippen LogP contribution in [0.3, 0.4) is 0 Å². The SMILES string of the molecule is Nc1nc(COC(=O)CCS(=O)(=O)C(F)(F)F)nc(Nc2ccccc2)n1. The number of alkyl halides is 3. The maximum absolute atomic E-state index is 12.2. The molecule has 0 amide bonds. The van der Waals surface area contributed by atoms with Crippen molar-refractivity contribution in [3.63, 3.8) is 0 Å². The van der Waals surface area contributed by atoms with Crippen LogP contribution >= 0.6 is 0 Å². The Hall–Kier alpha value is -2.96. The van der Waals surface area contributed by atoms with Gasteiger partial charge in [-0.2, -0.15) is 28.1 Å². The van der Waals surface area contributed by atoms with Crippen LogP contribution < -0.4 is 11.1 Å². The minimum atomic E-state index is -5.42. The standard InChI is InChI=1S/C14H14F3N5O4S/c15-14(16,17)27(24,25)7-6-11(23)26-8-10-20-12(18)22-13(21-10)19-9-4-2-1-3-5-9/h1-5H,6-8H2,(H3,18,19,20,21,22). The Morgan fingerprint density at radius 1 is 1.15 bits per heavy atom. The van der Waals surface area contributed by atoms with E-state index in [1.165, 1.54) is 0 Å². The smallest absolute Gasteiger partial charge is 0.457 e. The molecule has 1 heterocycles. The molecule has 0 aliphatic rings. The van der Waals surface area contributed by atoms with E-state index >= 15 is 0 Å². The Balaban J connectivity index is 1.94. The summed E-state index contributed by atoms with van der Waals surface area (Å²) in [4.78, 5) is 23.0. The van der Waals surface area contributed by atoms with Crippen molar-refractivity contribution < 1.29 is 31.1 Å². The van der Waals surface area contributed by atoms with Crippen LogP contribution in [-0.2, 0) is 26.0 Å². The first kappa shape index (κ1) is 20.4. The maximum atomic E-state index is 12.2. The van der Waals surface area contributed by atoms with E-state index in [0.717, 1.165) is 0 Å². The number of carbonyl (C=O) groups is 1. The predicted octanol–water partition coefficient (Wildman–Crippen LogP) is 1.57. The van der Waals surface area contributed by atoms with Gasteiger partial charge in [0.2, 0.25) is 21.7 Å². The highest BCUT2D eigenvalue weighted by molar-refractivity contribution is 7.92. The van der Waals surface area contributed by atoms with Gasteiger partial charge in [-0.25, -0.2) is 8.42 Å². The molecule has 3 N–H and O–H groups in total. The van der Waals surface area contributed by atoms with E-state index in [2.05, 4.69) is 25.0 Å². The third kappa shape index (κ3) is 6.06. The number of anilines is 3. The number of ether oxygens (including phenoxy) is 1. The van der Waals surface area contributed by atoms with Crippen LogP contribution in [0.1, 0.15) is 12.2 Å². The largest absolute Gasteiger partial charge is 0.497 e. The number of rotatable bonds is 7. The second-order valence-electron chi connectivity index (χ2n) is 5.10. The predicted molar refractivity (Wildman–Crippen MR) is 88.2 cm³/mol. The molecule has 9 nitrogen and oxygen atoms in total. The number of para-hydroxylation sites is 1. The number of hydrogen-bond donors (Lipinski definition) is 2. The molecule has 2 rings (SSSR count). The monoisotopic (exact) mass is 405 g/mol. The van der Waals surface area contributed by atoms with Gasteiger partial charge in [-0.15, -0.1) is 0 Å². The fourth-order valence-corrected chi connectivity index (χ4v) is 2.43. The molecular formula is C14H14F3N5O4S. The molecule has 0 aliphatic carbocycles. The van der Waals surface area contributed by atoms with Gasteiger partial charge in [-0.1, -0.05) is 18.2 Å². The van der Waals surface area contributed by atoms with Crippen molar-refractivity contribution >= 4 is 33.4 Å². The second-order valence-corrected chi connectivity index (χ2v) is 7.20. The van der Waals surface area contributed by atoms with Crippen molar-refractivity contribution in [1.29, 1.82) is 0 Å². The van der Waals surface area contributed by atoms with Crippen LogP contribution in [0.5, 0.6) is 0 Å². The molecule has 0 spiro atoms. The van der Waals surface area contributed by atoms with Crippen molar-refractivity contribution in [3.8, 4) is 0 Å². The molecular weight excluding hydrogens is 391 g/mol. The molecule has 1 aromatic carbocycles. The minimum absolute atomic E-state index is 0.0621. The molecule has 13 heteroatoms. The minimum Gasteiger partial charge on any atom is -0.457 e. The first-order valence-electron chi connectivity index (χ1n) is 7.34. The molecule has 1 aromatic heterocycles. The van der Waals surface area contributed by atoms with Gasteiger partial charge in [0.25, 0.3) is 0 Å². The van der Waals surface area contributed by atoms with Crippen molar-refractivity contribution in [3.05, 3.63) is 36.2 Å². The molecule has 0 bridgehead atoms. The number of nitrogens with one attached hydrogen (secondary N) is 1. The van der Waals surface area contributed by atoms with Gasteiger partial charge in [0, 0.05) is 5.69 Å². The lowest BCUT2D eigenvalue weighted by Crippen LogP contribution is -2.27. The normalized spacial score (nSPS) is 11.8. The van der Waals surface area contributed by atoms with Gasteiger partial charge in [-0.05, 0) is 12.1 Å². The van der Waals surface area contributed by atoms with Gasteiger partial charge >= 0.3 is 11.5 Å². The lowest BCUT2D eigenvalue weighted by molar-refractivity contribution is -0.144. The lowest BCUT2D eigenvalue weighted by atomic mass is 10.3. The van der Waals surface area contributed by atoms with Gasteiger partial charge in [0.1, 0.15) is 0 Å². The number of esters is 1. The van der Waals surface area contributed by atoms with E-state index in [0.29, 0.717) is 5.69 Å². The molecule has 2 aromatic rings. The fourth-order valence-electron chi connectivity index (χ4n) is 1.76. The van der Waals surface area contributed by atoms with Gasteiger partial charge in [0.15, 0.2) is 12.4 Å². The zero-order valence-electron chi connectivity index (χ0n) is 13.6. The summed E-state index contributed by atoms with van der Waals surface area (Å²) >= 11 is 0. The molecule has 0 saturated carbocycles. The van der Waals surface area contributed by atoms with Crippen molar-refractivity contribution in [2.75, 3.05) is 16.8 Å². The van der Waals surface area contributed by atoms with Crippen molar-refractivity contribution in [1.82, 2.24) is 15.0 Å². The number of nitrogen functional groups attached to an aromatic ring is 1. The molecule has 0 aliphatic heterocycles. The summed E-state index contributed by atoms with van der Waals surface area (Å²) in [6, 6.07) is 8.81. The molecule has 0 fully saturated rings.